The van der Waals surface area contributed by atoms with E-state index in [1.54, 1.807) is 6.07 Å². The minimum Gasteiger partial charge on any atom is -0.497 e. The van der Waals surface area contributed by atoms with Gasteiger partial charge in [-0.25, -0.2) is 4.39 Å². The molecule has 1 saturated carbocycles. The van der Waals surface area contributed by atoms with Gasteiger partial charge in [-0.3, -0.25) is 4.79 Å². The van der Waals surface area contributed by atoms with E-state index >= 15 is 0 Å². The first-order valence-electron chi connectivity index (χ1n) is 5.17. The summed E-state index contributed by atoms with van der Waals surface area (Å²) in [6.07, 6.45) is 2.00. The molecule has 0 atom stereocenters. The van der Waals surface area contributed by atoms with Crippen molar-refractivity contribution in [2.45, 2.75) is 24.7 Å². The van der Waals surface area contributed by atoms with Gasteiger partial charge in [-0.05, 0) is 30.5 Å². The quantitative estimate of drug-likeness (QED) is 0.857. The maximum Gasteiger partial charge on any atom is 0.314 e. The van der Waals surface area contributed by atoms with Crippen LogP contribution in [0.2, 0.25) is 0 Å². The molecule has 1 fully saturated rings. The number of hydrogen-bond donors (Lipinski definition) is 1. The Morgan fingerprint density at radius 2 is 2.12 bits per heavy atom. The molecule has 4 heteroatoms. The molecule has 0 aromatic heterocycles. The van der Waals surface area contributed by atoms with Gasteiger partial charge in [0.1, 0.15) is 11.6 Å². The van der Waals surface area contributed by atoms with Gasteiger partial charge >= 0.3 is 5.97 Å². The number of hydrogen-bond acceptors (Lipinski definition) is 2. The van der Waals surface area contributed by atoms with Crippen molar-refractivity contribution in [3.8, 4) is 5.75 Å². The molecule has 2 rings (SSSR count). The molecule has 1 aliphatic carbocycles. The number of carbonyl (C=O) groups is 1. The van der Waals surface area contributed by atoms with Gasteiger partial charge < -0.3 is 9.84 Å². The lowest BCUT2D eigenvalue weighted by Gasteiger charge is -2.38. The first-order chi connectivity index (χ1) is 7.58. The fourth-order valence-corrected chi connectivity index (χ4v) is 2.11. The van der Waals surface area contributed by atoms with Crippen LogP contribution in [0.4, 0.5) is 4.39 Å². The zero-order valence-electron chi connectivity index (χ0n) is 9.00. The molecule has 0 amide bonds. The summed E-state index contributed by atoms with van der Waals surface area (Å²) in [4.78, 5) is 11.3. The number of carboxylic acid groups (broad SMARTS) is 1. The average Bonchev–Trinajstić information content (AvgIpc) is 2.14. The Balaban J connectivity index is 2.46. The van der Waals surface area contributed by atoms with Crippen molar-refractivity contribution >= 4 is 5.97 Å². The number of ether oxygens (including phenoxy) is 1. The van der Waals surface area contributed by atoms with Crippen molar-refractivity contribution in [1.29, 1.82) is 0 Å². The van der Waals surface area contributed by atoms with Gasteiger partial charge in [0.15, 0.2) is 0 Å². The molecule has 1 aromatic rings. The van der Waals surface area contributed by atoms with Crippen LogP contribution in [-0.4, -0.2) is 18.2 Å². The van der Waals surface area contributed by atoms with Gasteiger partial charge in [-0.15, -0.1) is 0 Å². The van der Waals surface area contributed by atoms with E-state index in [1.165, 1.54) is 19.2 Å². The first-order valence-corrected chi connectivity index (χ1v) is 5.17. The third kappa shape index (κ3) is 1.54. The van der Waals surface area contributed by atoms with E-state index in [0.29, 0.717) is 24.2 Å². The summed E-state index contributed by atoms with van der Waals surface area (Å²) in [5, 5.41) is 9.23. The molecule has 1 N–H and O–H groups in total. The maximum absolute atomic E-state index is 13.3. The van der Waals surface area contributed by atoms with E-state index in [2.05, 4.69) is 0 Å². The number of aliphatic carboxylic acids is 1. The standard InChI is InChI=1S/C12H13FO3/c1-16-10-6-8(5-9(13)7-10)12(11(14)15)3-2-4-12/h5-7H,2-4H2,1H3,(H,14,15). The topological polar surface area (TPSA) is 46.5 Å². The molecule has 0 radical (unpaired) electrons. The van der Waals surface area contributed by atoms with Crippen molar-refractivity contribution in [2.24, 2.45) is 0 Å². The van der Waals surface area contributed by atoms with Crippen LogP contribution in [0.15, 0.2) is 18.2 Å². The zero-order chi connectivity index (χ0) is 11.8. The van der Waals surface area contributed by atoms with Gasteiger partial charge in [0.05, 0.1) is 12.5 Å². The molecule has 3 nitrogen and oxygen atoms in total. The largest absolute Gasteiger partial charge is 0.497 e. The molecule has 0 aliphatic heterocycles. The third-order valence-electron chi connectivity index (χ3n) is 3.28. The molecule has 86 valence electrons. The van der Waals surface area contributed by atoms with Crippen molar-refractivity contribution in [1.82, 2.24) is 0 Å². The predicted molar refractivity (Wildman–Crippen MR) is 56.1 cm³/mol. The Hall–Kier alpha value is -1.58. The summed E-state index contributed by atoms with van der Waals surface area (Å²) in [5.41, 5.74) is -0.404. The summed E-state index contributed by atoms with van der Waals surface area (Å²) in [7, 11) is 1.44. The van der Waals surface area contributed by atoms with Crippen molar-refractivity contribution < 1.29 is 19.0 Å². The van der Waals surface area contributed by atoms with E-state index in [4.69, 9.17) is 4.74 Å². The molecule has 1 aliphatic rings. The highest BCUT2D eigenvalue weighted by atomic mass is 19.1. The molecule has 16 heavy (non-hydrogen) atoms. The number of benzene rings is 1. The van der Waals surface area contributed by atoms with Crippen LogP contribution in [-0.2, 0) is 10.2 Å². The highest BCUT2D eigenvalue weighted by Crippen LogP contribution is 2.45. The molecule has 0 heterocycles. The van der Waals surface area contributed by atoms with Gasteiger partial charge in [0.2, 0.25) is 0 Å². The second-order valence-corrected chi connectivity index (χ2v) is 4.12. The minimum atomic E-state index is -0.907. The number of halogens is 1. The smallest absolute Gasteiger partial charge is 0.314 e. The molecule has 1 aromatic carbocycles. The predicted octanol–water partition coefficient (Wildman–Crippen LogP) is 2.34. The Bertz CT molecular complexity index is 424. The number of methoxy groups -OCH3 is 1. The van der Waals surface area contributed by atoms with Crippen LogP contribution in [0.3, 0.4) is 0 Å². The van der Waals surface area contributed by atoms with E-state index < -0.39 is 17.2 Å². The van der Waals surface area contributed by atoms with Crippen molar-refractivity contribution in [3.63, 3.8) is 0 Å². The fourth-order valence-electron chi connectivity index (χ4n) is 2.11. The Morgan fingerprint density at radius 3 is 2.56 bits per heavy atom. The lowest BCUT2D eigenvalue weighted by Crippen LogP contribution is -2.42. The zero-order valence-corrected chi connectivity index (χ0v) is 9.00. The Kier molecular flexibility index (Phi) is 2.58. The number of carboxylic acids is 1. The van der Waals surface area contributed by atoms with E-state index in [0.717, 1.165) is 6.42 Å². The Morgan fingerprint density at radius 1 is 1.44 bits per heavy atom. The maximum atomic E-state index is 13.3. The van der Waals surface area contributed by atoms with E-state index in [9.17, 15) is 14.3 Å². The van der Waals surface area contributed by atoms with Gasteiger partial charge in [-0.2, -0.15) is 0 Å². The highest BCUT2D eigenvalue weighted by molar-refractivity contribution is 5.82. The van der Waals surface area contributed by atoms with Gasteiger partial charge in [0.25, 0.3) is 0 Å². The SMILES string of the molecule is COc1cc(F)cc(C2(C(=O)O)CCC2)c1. The third-order valence-corrected chi connectivity index (χ3v) is 3.28. The summed E-state index contributed by atoms with van der Waals surface area (Å²) in [6.45, 7) is 0. The van der Waals surface area contributed by atoms with Gasteiger partial charge in [-0.1, -0.05) is 6.42 Å². The van der Waals surface area contributed by atoms with E-state index in [1.807, 2.05) is 0 Å². The lowest BCUT2D eigenvalue weighted by molar-refractivity contribution is -0.147. The molecule has 0 unspecified atom stereocenters. The van der Waals surface area contributed by atoms with Crippen LogP contribution < -0.4 is 4.74 Å². The summed E-state index contributed by atoms with van der Waals surface area (Å²) < 4.78 is 18.2. The minimum absolute atomic E-state index is 0.363. The van der Waals surface area contributed by atoms with Crippen LogP contribution in [0.25, 0.3) is 0 Å². The fraction of sp³-hybridized carbons (Fsp3) is 0.417. The van der Waals surface area contributed by atoms with Crippen LogP contribution in [0.5, 0.6) is 5.75 Å². The van der Waals surface area contributed by atoms with Crippen molar-refractivity contribution in [3.05, 3.63) is 29.6 Å². The normalized spacial score (nSPS) is 17.6. The van der Waals surface area contributed by atoms with Crippen LogP contribution in [0, 0.1) is 5.82 Å². The van der Waals surface area contributed by atoms with Crippen LogP contribution in [0.1, 0.15) is 24.8 Å². The molecule has 0 spiro atoms. The summed E-state index contributed by atoms with van der Waals surface area (Å²) in [5.74, 6) is -0.976. The molecular weight excluding hydrogens is 211 g/mol. The molecule has 0 saturated heterocycles. The molecular formula is C12H13FO3. The average molecular weight is 224 g/mol. The van der Waals surface area contributed by atoms with Crippen molar-refractivity contribution in [2.75, 3.05) is 7.11 Å². The second kappa shape index (κ2) is 3.77. The highest BCUT2D eigenvalue weighted by Gasteiger charge is 2.46. The Labute approximate surface area is 92.9 Å². The summed E-state index contributed by atoms with van der Waals surface area (Å²) in [6, 6.07) is 4.14. The monoisotopic (exact) mass is 224 g/mol. The summed E-state index contributed by atoms with van der Waals surface area (Å²) >= 11 is 0. The second-order valence-electron chi connectivity index (χ2n) is 4.12. The van der Waals surface area contributed by atoms with Crippen LogP contribution >= 0.6 is 0 Å². The number of rotatable bonds is 3. The lowest BCUT2D eigenvalue weighted by atomic mass is 9.64. The van der Waals surface area contributed by atoms with Gasteiger partial charge in [0, 0.05) is 6.07 Å². The van der Waals surface area contributed by atoms with E-state index in [-0.39, 0.29) is 0 Å². The first kappa shape index (κ1) is 10.9. The molecule has 0 bridgehead atoms.